The minimum absolute atomic E-state index is 0.0344. The molecular weight excluding hydrogens is 296 g/mol. The van der Waals surface area contributed by atoms with E-state index in [1.165, 1.54) is 6.07 Å². The molecule has 0 radical (unpaired) electrons. The molecule has 1 amide bonds. The Morgan fingerprint density at radius 2 is 2.14 bits per heavy atom. The number of hydrogen-bond acceptors (Lipinski definition) is 7. The molecule has 22 heavy (non-hydrogen) atoms. The summed E-state index contributed by atoms with van der Waals surface area (Å²) in [6.45, 7) is 0.804. The van der Waals surface area contributed by atoms with Crippen molar-refractivity contribution in [2.75, 3.05) is 32.2 Å². The van der Waals surface area contributed by atoms with Crippen LogP contribution in [0.2, 0.25) is 0 Å². The molecule has 1 N–H and O–H groups in total. The molecule has 0 bridgehead atoms. The number of rotatable bonds is 4. The number of ether oxygens (including phenoxy) is 3. The van der Waals surface area contributed by atoms with Crippen molar-refractivity contribution in [1.29, 1.82) is 0 Å². The number of methoxy groups -OCH3 is 1. The molecule has 118 valence electrons. The van der Waals surface area contributed by atoms with E-state index in [0.29, 0.717) is 13.2 Å². The van der Waals surface area contributed by atoms with Gasteiger partial charge in [0.05, 0.1) is 37.4 Å². The summed E-state index contributed by atoms with van der Waals surface area (Å²) < 4.78 is 14.9. The second-order valence-corrected chi connectivity index (χ2v) is 4.44. The van der Waals surface area contributed by atoms with Crippen LogP contribution in [0.3, 0.4) is 0 Å². The first-order valence-corrected chi connectivity index (χ1v) is 6.39. The number of amides is 1. The average Bonchev–Trinajstić information content (AvgIpc) is 2.54. The molecular formula is C13H14N2O7. The first-order chi connectivity index (χ1) is 10.5. The van der Waals surface area contributed by atoms with Crippen LogP contribution >= 0.6 is 0 Å². The van der Waals surface area contributed by atoms with Crippen LogP contribution in [0, 0.1) is 10.1 Å². The topological polar surface area (TPSA) is 117 Å². The van der Waals surface area contributed by atoms with E-state index in [4.69, 9.17) is 9.47 Å². The van der Waals surface area contributed by atoms with Crippen LogP contribution in [0.25, 0.3) is 0 Å². The van der Waals surface area contributed by atoms with Crippen LogP contribution in [-0.2, 0) is 19.0 Å². The van der Waals surface area contributed by atoms with Gasteiger partial charge in [-0.3, -0.25) is 14.9 Å². The number of carbonyl (C=O) groups is 2. The highest BCUT2D eigenvalue weighted by atomic mass is 16.6. The molecule has 0 unspecified atom stereocenters. The van der Waals surface area contributed by atoms with E-state index < -0.39 is 22.9 Å². The fourth-order valence-electron chi connectivity index (χ4n) is 1.89. The molecule has 1 aliphatic heterocycles. The lowest BCUT2D eigenvalue weighted by atomic mass is 10.1. The van der Waals surface area contributed by atoms with Crippen molar-refractivity contribution in [2.45, 2.75) is 6.10 Å². The number of nitrogens with zero attached hydrogens (tertiary/aromatic N) is 1. The Balaban J connectivity index is 2.21. The third-order valence-electron chi connectivity index (χ3n) is 2.93. The zero-order valence-corrected chi connectivity index (χ0v) is 11.7. The zero-order chi connectivity index (χ0) is 16.1. The van der Waals surface area contributed by atoms with E-state index in [0.717, 1.165) is 19.2 Å². The van der Waals surface area contributed by atoms with Gasteiger partial charge in [0, 0.05) is 17.8 Å². The van der Waals surface area contributed by atoms with E-state index in [1.54, 1.807) is 0 Å². The third kappa shape index (κ3) is 3.77. The van der Waals surface area contributed by atoms with Crippen molar-refractivity contribution in [1.82, 2.24) is 0 Å². The number of esters is 1. The molecule has 1 aromatic rings. The second kappa shape index (κ2) is 6.96. The fraction of sp³-hybridized carbons (Fsp3) is 0.385. The molecule has 1 saturated heterocycles. The van der Waals surface area contributed by atoms with Crippen molar-refractivity contribution < 1.29 is 28.7 Å². The van der Waals surface area contributed by atoms with E-state index in [-0.39, 0.29) is 23.5 Å². The maximum atomic E-state index is 12.0. The van der Waals surface area contributed by atoms with Gasteiger partial charge in [0.1, 0.15) is 0 Å². The van der Waals surface area contributed by atoms with Gasteiger partial charge in [0.15, 0.2) is 6.10 Å². The minimum atomic E-state index is -0.797. The minimum Gasteiger partial charge on any atom is -0.465 e. The number of nitro groups is 1. The summed E-state index contributed by atoms with van der Waals surface area (Å²) in [4.78, 5) is 33.8. The van der Waals surface area contributed by atoms with E-state index in [2.05, 4.69) is 10.1 Å². The Hall–Kier alpha value is -2.52. The second-order valence-electron chi connectivity index (χ2n) is 4.44. The van der Waals surface area contributed by atoms with Crippen molar-refractivity contribution in [3.05, 3.63) is 33.9 Å². The fourth-order valence-corrected chi connectivity index (χ4v) is 1.89. The molecule has 0 aliphatic carbocycles. The van der Waals surface area contributed by atoms with Gasteiger partial charge in [-0.05, 0) is 6.07 Å². The van der Waals surface area contributed by atoms with Crippen molar-refractivity contribution in [3.63, 3.8) is 0 Å². The van der Waals surface area contributed by atoms with Crippen molar-refractivity contribution in [3.8, 4) is 0 Å². The first-order valence-electron chi connectivity index (χ1n) is 6.39. The number of anilines is 1. The van der Waals surface area contributed by atoms with Crippen LogP contribution in [0.5, 0.6) is 0 Å². The highest BCUT2D eigenvalue weighted by Gasteiger charge is 2.24. The quantitative estimate of drug-likeness (QED) is 0.495. The Bertz CT molecular complexity index is 596. The molecule has 0 spiro atoms. The smallest absolute Gasteiger partial charge is 0.338 e. The van der Waals surface area contributed by atoms with Gasteiger partial charge in [-0.2, -0.15) is 0 Å². The van der Waals surface area contributed by atoms with Gasteiger partial charge >= 0.3 is 5.97 Å². The molecule has 1 atom stereocenters. The van der Waals surface area contributed by atoms with Gasteiger partial charge in [-0.1, -0.05) is 0 Å². The van der Waals surface area contributed by atoms with E-state index in [9.17, 15) is 19.7 Å². The Morgan fingerprint density at radius 3 is 2.73 bits per heavy atom. The summed E-state index contributed by atoms with van der Waals surface area (Å²) in [7, 11) is 1.16. The molecule has 1 aliphatic rings. The number of nitro benzene ring substituents is 1. The van der Waals surface area contributed by atoms with Gasteiger partial charge in [0.2, 0.25) is 0 Å². The number of nitrogens with one attached hydrogen (secondary N) is 1. The van der Waals surface area contributed by atoms with E-state index >= 15 is 0 Å². The molecule has 2 rings (SSSR count). The normalized spacial score (nSPS) is 17.6. The monoisotopic (exact) mass is 310 g/mol. The largest absolute Gasteiger partial charge is 0.465 e. The predicted molar refractivity (Wildman–Crippen MR) is 73.6 cm³/mol. The van der Waals surface area contributed by atoms with Crippen LogP contribution in [0.15, 0.2) is 18.2 Å². The van der Waals surface area contributed by atoms with Gasteiger partial charge < -0.3 is 19.5 Å². The van der Waals surface area contributed by atoms with Crippen LogP contribution in [-0.4, -0.2) is 49.8 Å². The Labute approximate surface area is 125 Å². The third-order valence-corrected chi connectivity index (χ3v) is 2.93. The SMILES string of the molecule is COC(=O)c1cc(NC(=O)[C@H]2COCCO2)cc([N+](=O)[O-])c1. The number of hydrogen-bond donors (Lipinski definition) is 1. The predicted octanol–water partition coefficient (Wildman–Crippen LogP) is 0.735. The summed E-state index contributed by atoms with van der Waals surface area (Å²) >= 11 is 0. The van der Waals surface area contributed by atoms with Crippen LogP contribution < -0.4 is 5.32 Å². The van der Waals surface area contributed by atoms with Crippen LogP contribution in [0.1, 0.15) is 10.4 Å². The lowest BCUT2D eigenvalue weighted by Gasteiger charge is -2.22. The number of carbonyl (C=O) groups excluding carboxylic acids is 2. The molecule has 1 aromatic carbocycles. The van der Waals surface area contributed by atoms with Crippen molar-refractivity contribution in [2.24, 2.45) is 0 Å². The number of non-ortho nitro benzene ring substituents is 1. The number of benzene rings is 1. The lowest BCUT2D eigenvalue weighted by molar-refractivity contribution is -0.384. The van der Waals surface area contributed by atoms with Gasteiger partial charge in [0.25, 0.3) is 11.6 Å². The highest BCUT2D eigenvalue weighted by molar-refractivity contribution is 5.97. The summed E-state index contributed by atoms with van der Waals surface area (Å²) in [5.74, 6) is -1.24. The maximum absolute atomic E-state index is 12.0. The standard InChI is InChI=1S/C13H14N2O7/c1-20-13(17)8-4-9(6-10(5-8)15(18)19)14-12(16)11-7-21-2-3-22-11/h4-6,11H,2-3,7H2,1H3,(H,14,16)/t11-/m1/s1. The summed E-state index contributed by atoms with van der Waals surface area (Å²) in [6, 6.07) is 3.51. The lowest BCUT2D eigenvalue weighted by Crippen LogP contribution is -2.39. The zero-order valence-electron chi connectivity index (χ0n) is 11.7. The highest BCUT2D eigenvalue weighted by Crippen LogP contribution is 2.22. The molecule has 9 heteroatoms. The maximum Gasteiger partial charge on any atom is 0.338 e. The molecule has 0 aromatic heterocycles. The summed E-state index contributed by atoms with van der Waals surface area (Å²) in [5.41, 5.74) is -0.263. The molecule has 9 nitrogen and oxygen atoms in total. The van der Waals surface area contributed by atoms with Gasteiger partial charge in [-0.15, -0.1) is 0 Å². The molecule has 0 saturated carbocycles. The van der Waals surface area contributed by atoms with Crippen LogP contribution in [0.4, 0.5) is 11.4 Å². The van der Waals surface area contributed by atoms with E-state index in [1.807, 2.05) is 0 Å². The summed E-state index contributed by atoms with van der Waals surface area (Å²) in [6.07, 6.45) is -0.797. The Kier molecular flexibility index (Phi) is 5.02. The summed E-state index contributed by atoms with van der Waals surface area (Å²) in [5, 5.41) is 13.4. The first kappa shape index (κ1) is 15.9. The Morgan fingerprint density at radius 1 is 1.36 bits per heavy atom. The average molecular weight is 310 g/mol. The van der Waals surface area contributed by atoms with Gasteiger partial charge in [-0.25, -0.2) is 4.79 Å². The van der Waals surface area contributed by atoms with Crippen molar-refractivity contribution >= 4 is 23.3 Å². The molecule has 1 heterocycles. The molecule has 1 fully saturated rings.